The van der Waals surface area contributed by atoms with Crippen LogP contribution in [0.2, 0.25) is 0 Å². The lowest BCUT2D eigenvalue weighted by atomic mass is 9.53. The van der Waals surface area contributed by atoms with Crippen molar-refractivity contribution in [3.63, 3.8) is 0 Å². The van der Waals surface area contributed by atoms with Gasteiger partial charge >= 0.3 is 6.03 Å². The number of hydrogen-bond acceptors (Lipinski definition) is 4. The van der Waals surface area contributed by atoms with Crippen molar-refractivity contribution in [1.29, 1.82) is 0 Å². The summed E-state index contributed by atoms with van der Waals surface area (Å²) in [5.74, 6) is 2.52. The Balaban J connectivity index is 1.18. The predicted octanol–water partition coefficient (Wildman–Crippen LogP) is 4.81. The molecule has 2 aromatic rings. The smallest absolute Gasteiger partial charge is 0.315 e. The lowest BCUT2D eigenvalue weighted by Gasteiger charge is -2.56. The van der Waals surface area contributed by atoms with Gasteiger partial charge in [-0.3, -0.25) is 4.79 Å². The van der Waals surface area contributed by atoms with Crippen molar-refractivity contribution in [3.8, 4) is 0 Å². The van der Waals surface area contributed by atoms with Crippen LogP contribution in [-0.4, -0.2) is 17.4 Å². The maximum absolute atomic E-state index is 12.5. The molecular formula is C21H24N2O2S2. The van der Waals surface area contributed by atoms with E-state index in [-0.39, 0.29) is 17.4 Å². The zero-order valence-corrected chi connectivity index (χ0v) is 16.8. The van der Waals surface area contributed by atoms with Gasteiger partial charge in [-0.2, -0.15) is 11.3 Å². The second-order valence-corrected chi connectivity index (χ2v) is 10.6. The van der Waals surface area contributed by atoms with E-state index in [1.165, 1.54) is 41.9 Å². The van der Waals surface area contributed by atoms with Gasteiger partial charge in [-0.05, 0) is 79.9 Å². The summed E-state index contributed by atoms with van der Waals surface area (Å²) in [6, 6.07) is 5.59. The standard InChI is InChI=1S/C21H24N2O2S2/c24-19(16-3-4-26-12-16)18-2-1-17(27-18)11-22-20(25)23-21-8-13-5-14(9-21)7-15(6-13)10-21/h1-4,12-15H,5-11H2,(H2,22,23,25). The fourth-order valence-corrected chi connectivity index (χ4v) is 7.39. The van der Waals surface area contributed by atoms with Crippen LogP contribution in [0, 0.1) is 17.8 Å². The third-order valence-corrected chi connectivity index (χ3v) is 8.28. The van der Waals surface area contributed by atoms with E-state index in [1.54, 1.807) is 0 Å². The Morgan fingerprint density at radius 3 is 2.37 bits per heavy atom. The van der Waals surface area contributed by atoms with Gasteiger partial charge in [0.1, 0.15) is 0 Å². The van der Waals surface area contributed by atoms with Crippen LogP contribution < -0.4 is 10.6 Å². The zero-order chi connectivity index (χ0) is 18.4. The molecule has 142 valence electrons. The van der Waals surface area contributed by atoms with Crippen molar-refractivity contribution in [2.75, 3.05) is 0 Å². The molecule has 0 aliphatic heterocycles. The van der Waals surface area contributed by atoms with Crippen molar-refractivity contribution in [1.82, 2.24) is 10.6 Å². The first-order chi connectivity index (χ1) is 13.1. The highest BCUT2D eigenvalue weighted by Crippen LogP contribution is 2.55. The predicted molar refractivity (Wildman–Crippen MR) is 108 cm³/mol. The van der Waals surface area contributed by atoms with Gasteiger partial charge < -0.3 is 10.6 Å². The number of carbonyl (C=O) groups excluding carboxylic acids is 2. The quantitative estimate of drug-likeness (QED) is 0.708. The highest BCUT2D eigenvalue weighted by Gasteiger charge is 2.51. The normalized spacial score (nSPS) is 31.0. The number of rotatable bonds is 5. The van der Waals surface area contributed by atoms with E-state index < -0.39 is 0 Å². The molecule has 2 aromatic heterocycles. The SMILES string of the molecule is O=C(NCc1ccc(C(=O)c2ccsc2)s1)NC12CC3CC(CC(C3)C1)C2. The van der Waals surface area contributed by atoms with E-state index in [0.717, 1.165) is 52.3 Å². The van der Waals surface area contributed by atoms with Crippen molar-refractivity contribution in [2.24, 2.45) is 17.8 Å². The molecule has 0 spiro atoms. The Hall–Kier alpha value is -1.66. The number of hydrogen-bond donors (Lipinski definition) is 2. The van der Waals surface area contributed by atoms with Gasteiger partial charge in [-0.1, -0.05) is 0 Å². The fraction of sp³-hybridized carbons (Fsp3) is 0.524. The summed E-state index contributed by atoms with van der Waals surface area (Å²) in [7, 11) is 0. The number of amides is 2. The maximum Gasteiger partial charge on any atom is 0.315 e. The Kier molecular flexibility index (Phi) is 4.36. The molecule has 0 atom stereocenters. The van der Waals surface area contributed by atoms with Gasteiger partial charge in [-0.25, -0.2) is 4.79 Å². The molecule has 4 fully saturated rings. The minimum atomic E-state index is -0.0592. The summed E-state index contributed by atoms with van der Waals surface area (Å²) in [5, 5.41) is 10.1. The molecule has 6 heteroatoms. The first-order valence-corrected chi connectivity index (χ1v) is 11.6. The monoisotopic (exact) mass is 400 g/mol. The van der Waals surface area contributed by atoms with E-state index in [0.29, 0.717) is 6.54 Å². The molecule has 2 N–H and O–H groups in total. The average Bonchev–Trinajstić information content (AvgIpc) is 3.30. The highest BCUT2D eigenvalue weighted by molar-refractivity contribution is 7.14. The number of carbonyl (C=O) groups is 2. The van der Waals surface area contributed by atoms with Crippen LogP contribution in [-0.2, 0) is 6.54 Å². The molecule has 0 aromatic carbocycles. The fourth-order valence-electron chi connectivity index (χ4n) is 5.85. The van der Waals surface area contributed by atoms with Crippen molar-refractivity contribution in [3.05, 3.63) is 44.3 Å². The molecule has 2 heterocycles. The Bertz CT molecular complexity index is 820. The summed E-state index contributed by atoms with van der Waals surface area (Å²) in [5.41, 5.74) is 0.773. The maximum atomic E-state index is 12.5. The van der Waals surface area contributed by atoms with Crippen molar-refractivity contribution in [2.45, 2.75) is 50.6 Å². The summed E-state index contributed by atoms with van der Waals surface area (Å²) in [6.07, 6.45) is 7.59. The van der Waals surface area contributed by atoms with E-state index in [9.17, 15) is 9.59 Å². The van der Waals surface area contributed by atoms with Crippen molar-refractivity contribution < 1.29 is 9.59 Å². The first-order valence-electron chi connectivity index (χ1n) is 9.80. The Morgan fingerprint density at radius 2 is 1.74 bits per heavy atom. The van der Waals surface area contributed by atoms with Gasteiger partial charge in [0, 0.05) is 21.4 Å². The summed E-state index contributed by atoms with van der Waals surface area (Å²) < 4.78 is 0. The van der Waals surface area contributed by atoms with Gasteiger partial charge in [0.15, 0.2) is 0 Å². The molecule has 0 radical (unpaired) electrons. The zero-order valence-electron chi connectivity index (χ0n) is 15.2. The van der Waals surface area contributed by atoms with E-state index in [1.807, 2.05) is 29.0 Å². The number of thiophene rings is 2. The Labute approximate surface area is 167 Å². The molecule has 4 aliphatic carbocycles. The molecule has 2 amide bonds. The van der Waals surface area contributed by atoms with Gasteiger partial charge in [0.05, 0.1) is 11.4 Å². The minimum absolute atomic E-state index is 0.0361. The molecule has 4 bridgehead atoms. The van der Waals surface area contributed by atoms with Crippen LogP contribution in [0.1, 0.15) is 58.6 Å². The third-order valence-electron chi connectivity index (χ3n) is 6.51. The topological polar surface area (TPSA) is 58.2 Å². The summed E-state index contributed by atoms with van der Waals surface area (Å²) in [4.78, 5) is 26.7. The highest BCUT2D eigenvalue weighted by atomic mass is 32.1. The number of ketones is 1. The molecule has 4 saturated carbocycles. The van der Waals surface area contributed by atoms with Crippen molar-refractivity contribution >= 4 is 34.5 Å². The second-order valence-electron chi connectivity index (χ2n) is 8.61. The lowest BCUT2D eigenvalue weighted by molar-refractivity contribution is -0.0135. The van der Waals surface area contributed by atoms with Crippen LogP contribution in [0.3, 0.4) is 0 Å². The number of nitrogens with one attached hydrogen (secondary N) is 2. The molecule has 0 saturated heterocycles. The van der Waals surface area contributed by atoms with E-state index in [2.05, 4.69) is 10.6 Å². The van der Waals surface area contributed by atoms with E-state index in [4.69, 9.17) is 0 Å². The van der Waals surface area contributed by atoms with Crippen LogP contribution in [0.4, 0.5) is 4.79 Å². The third kappa shape index (κ3) is 3.45. The van der Waals surface area contributed by atoms with Gasteiger partial charge in [-0.15, -0.1) is 11.3 Å². The molecule has 4 aliphatic rings. The van der Waals surface area contributed by atoms with Gasteiger partial charge in [0.2, 0.25) is 5.78 Å². The van der Waals surface area contributed by atoms with Crippen LogP contribution in [0.15, 0.2) is 29.0 Å². The first kappa shape index (κ1) is 17.4. The van der Waals surface area contributed by atoms with Crippen LogP contribution in [0.25, 0.3) is 0 Å². The molecule has 4 nitrogen and oxygen atoms in total. The second kappa shape index (κ2) is 6.74. The van der Waals surface area contributed by atoms with Crippen LogP contribution in [0.5, 0.6) is 0 Å². The summed E-state index contributed by atoms with van der Waals surface area (Å²) >= 11 is 2.99. The minimum Gasteiger partial charge on any atom is -0.333 e. The van der Waals surface area contributed by atoms with Crippen LogP contribution >= 0.6 is 22.7 Å². The van der Waals surface area contributed by atoms with Gasteiger partial charge in [0.25, 0.3) is 0 Å². The van der Waals surface area contributed by atoms with E-state index >= 15 is 0 Å². The molecule has 6 rings (SSSR count). The molecule has 27 heavy (non-hydrogen) atoms. The lowest BCUT2D eigenvalue weighted by Crippen LogP contribution is -2.61. The molecule has 0 unspecified atom stereocenters. The Morgan fingerprint density at radius 1 is 1.04 bits per heavy atom. The number of urea groups is 1. The average molecular weight is 401 g/mol. The largest absolute Gasteiger partial charge is 0.333 e. The summed E-state index contributed by atoms with van der Waals surface area (Å²) in [6.45, 7) is 0.472. The molecular weight excluding hydrogens is 376 g/mol.